The number of carbonyl (C=O) groups excluding carboxylic acids is 1. The summed E-state index contributed by atoms with van der Waals surface area (Å²) in [7, 11) is 0. The lowest BCUT2D eigenvalue weighted by atomic mass is 10.1. The van der Waals surface area contributed by atoms with Crippen molar-refractivity contribution in [2.75, 3.05) is 0 Å². The number of alkyl halides is 3. The summed E-state index contributed by atoms with van der Waals surface area (Å²) in [5, 5.41) is 13.1. The zero-order valence-corrected chi connectivity index (χ0v) is 16.4. The average molecular weight is 451 g/mol. The molecule has 10 heteroatoms. The summed E-state index contributed by atoms with van der Waals surface area (Å²) in [6.07, 6.45) is -3.58. The number of furan rings is 1. The van der Waals surface area contributed by atoms with Crippen molar-refractivity contribution in [2.45, 2.75) is 12.6 Å². The van der Waals surface area contributed by atoms with Crippen LogP contribution in [0, 0.1) is 0 Å². The lowest BCUT2D eigenvalue weighted by Crippen LogP contribution is -2.20. The van der Waals surface area contributed by atoms with Crippen LogP contribution in [-0.2, 0) is 17.4 Å². The van der Waals surface area contributed by atoms with Crippen LogP contribution in [0.3, 0.4) is 0 Å². The molecule has 6 nitrogen and oxygen atoms in total. The molecular formula is C21H14ClF3N2O4. The van der Waals surface area contributed by atoms with E-state index in [1.165, 1.54) is 42.6 Å². The van der Waals surface area contributed by atoms with Crippen molar-refractivity contribution in [3.63, 3.8) is 0 Å². The highest BCUT2D eigenvalue weighted by Gasteiger charge is 2.30. The fourth-order valence-electron chi connectivity index (χ4n) is 2.66. The number of benzene rings is 2. The predicted molar refractivity (Wildman–Crippen MR) is 107 cm³/mol. The summed E-state index contributed by atoms with van der Waals surface area (Å²) < 4.78 is 43.7. The Morgan fingerprint density at radius 1 is 1.13 bits per heavy atom. The molecule has 31 heavy (non-hydrogen) atoms. The molecule has 2 aromatic carbocycles. The average Bonchev–Trinajstić information content (AvgIpc) is 3.16. The molecule has 0 atom stereocenters. The molecule has 1 aromatic heterocycles. The van der Waals surface area contributed by atoms with Gasteiger partial charge >= 0.3 is 12.1 Å². The molecule has 1 amide bonds. The first-order valence-corrected chi connectivity index (χ1v) is 9.12. The van der Waals surface area contributed by atoms with Gasteiger partial charge in [0, 0.05) is 5.56 Å². The van der Waals surface area contributed by atoms with Crippen LogP contribution in [0.5, 0.6) is 0 Å². The van der Waals surface area contributed by atoms with Gasteiger partial charge < -0.3 is 9.52 Å². The van der Waals surface area contributed by atoms with Gasteiger partial charge in [0.05, 0.1) is 28.8 Å². The van der Waals surface area contributed by atoms with E-state index in [1.807, 2.05) is 0 Å². The van der Waals surface area contributed by atoms with Gasteiger partial charge in [-0.1, -0.05) is 29.8 Å². The molecule has 0 aliphatic carbocycles. The molecule has 2 N–H and O–H groups in total. The van der Waals surface area contributed by atoms with Gasteiger partial charge in [-0.2, -0.15) is 18.3 Å². The number of carboxylic acids is 1. The van der Waals surface area contributed by atoms with Crippen LogP contribution in [-0.4, -0.2) is 23.2 Å². The predicted octanol–water partition coefficient (Wildman–Crippen LogP) is 5.01. The van der Waals surface area contributed by atoms with Gasteiger partial charge in [0.1, 0.15) is 11.5 Å². The number of amides is 1. The summed E-state index contributed by atoms with van der Waals surface area (Å²) in [5.41, 5.74) is 1.97. The second-order valence-electron chi connectivity index (χ2n) is 6.37. The summed E-state index contributed by atoms with van der Waals surface area (Å²) in [5.74, 6) is -1.19. The Kier molecular flexibility index (Phi) is 6.45. The first-order chi connectivity index (χ1) is 14.6. The summed E-state index contributed by atoms with van der Waals surface area (Å²) in [6.45, 7) is 0. The second-order valence-corrected chi connectivity index (χ2v) is 6.78. The molecule has 0 fully saturated rings. The van der Waals surface area contributed by atoms with E-state index in [1.54, 1.807) is 6.07 Å². The minimum absolute atomic E-state index is 0.0351. The van der Waals surface area contributed by atoms with E-state index in [9.17, 15) is 22.8 Å². The SMILES string of the molecule is O=C(Cc1cccc(C(F)(F)F)c1)NN=Cc1ccc(-c2cc(C(=O)O)ccc2Cl)o1. The monoisotopic (exact) mass is 450 g/mol. The van der Waals surface area contributed by atoms with Gasteiger partial charge in [-0.05, 0) is 42.0 Å². The quantitative estimate of drug-likeness (QED) is 0.408. The highest BCUT2D eigenvalue weighted by molar-refractivity contribution is 6.33. The first kappa shape index (κ1) is 22.1. The number of carboxylic acid groups (broad SMARTS) is 1. The van der Waals surface area contributed by atoms with E-state index >= 15 is 0 Å². The maximum atomic E-state index is 12.7. The molecule has 0 aliphatic rings. The van der Waals surface area contributed by atoms with E-state index in [0.29, 0.717) is 11.3 Å². The van der Waals surface area contributed by atoms with Gasteiger partial charge in [-0.15, -0.1) is 0 Å². The molecule has 0 spiro atoms. The van der Waals surface area contributed by atoms with Gasteiger partial charge in [-0.3, -0.25) is 4.79 Å². The van der Waals surface area contributed by atoms with Gasteiger partial charge in [0.15, 0.2) is 0 Å². The van der Waals surface area contributed by atoms with Crippen molar-refractivity contribution in [3.05, 3.63) is 82.1 Å². The summed E-state index contributed by atoms with van der Waals surface area (Å²) in [4.78, 5) is 23.0. The van der Waals surface area contributed by atoms with Gasteiger partial charge in [-0.25, -0.2) is 10.2 Å². The highest BCUT2D eigenvalue weighted by Crippen LogP contribution is 2.31. The largest absolute Gasteiger partial charge is 0.478 e. The molecule has 0 aliphatic heterocycles. The molecule has 0 unspecified atom stereocenters. The third-order valence-corrected chi connectivity index (χ3v) is 4.44. The van der Waals surface area contributed by atoms with E-state index < -0.39 is 23.6 Å². The van der Waals surface area contributed by atoms with Crippen molar-refractivity contribution >= 4 is 29.7 Å². The second kappa shape index (κ2) is 9.05. The normalized spacial score (nSPS) is 11.6. The van der Waals surface area contributed by atoms with Crippen LogP contribution in [0.1, 0.15) is 27.2 Å². The molecule has 3 aromatic rings. The maximum Gasteiger partial charge on any atom is 0.416 e. The van der Waals surface area contributed by atoms with Crippen LogP contribution >= 0.6 is 11.6 Å². The number of carbonyl (C=O) groups is 2. The number of nitrogens with one attached hydrogen (secondary N) is 1. The van der Waals surface area contributed by atoms with Crippen molar-refractivity contribution in [1.82, 2.24) is 5.43 Å². The Hall–Kier alpha value is -3.59. The van der Waals surface area contributed by atoms with Crippen LogP contribution in [0.15, 0.2) is 64.1 Å². The van der Waals surface area contributed by atoms with E-state index in [4.69, 9.17) is 21.1 Å². The lowest BCUT2D eigenvalue weighted by molar-refractivity contribution is -0.137. The third kappa shape index (κ3) is 5.73. The highest BCUT2D eigenvalue weighted by atomic mass is 35.5. The van der Waals surface area contributed by atoms with Crippen LogP contribution in [0.25, 0.3) is 11.3 Å². The van der Waals surface area contributed by atoms with E-state index in [-0.39, 0.29) is 28.3 Å². The number of hydrogen-bond donors (Lipinski definition) is 2. The Labute approximate surface area is 178 Å². The van der Waals surface area contributed by atoms with E-state index in [0.717, 1.165) is 12.1 Å². The molecular weight excluding hydrogens is 437 g/mol. The topological polar surface area (TPSA) is 91.9 Å². The fraction of sp³-hybridized carbons (Fsp3) is 0.0952. The van der Waals surface area contributed by atoms with Crippen molar-refractivity contribution in [2.24, 2.45) is 5.10 Å². The first-order valence-electron chi connectivity index (χ1n) is 8.74. The van der Waals surface area contributed by atoms with Crippen molar-refractivity contribution in [1.29, 1.82) is 0 Å². The zero-order valence-electron chi connectivity index (χ0n) is 15.6. The molecule has 0 saturated carbocycles. The molecule has 0 bridgehead atoms. The van der Waals surface area contributed by atoms with Crippen molar-refractivity contribution in [3.8, 4) is 11.3 Å². The number of hydrogen-bond acceptors (Lipinski definition) is 4. The Morgan fingerprint density at radius 2 is 1.90 bits per heavy atom. The minimum atomic E-state index is -4.49. The molecule has 3 rings (SSSR count). The third-order valence-electron chi connectivity index (χ3n) is 4.11. The number of aromatic carboxylic acids is 1. The number of halogens is 4. The van der Waals surface area contributed by atoms with Gasteiger partial charge in [0.2, 0.25) is 5.91 Å². The van der Waals surface area contributed by atoms with Crippen LogP contribution in [0.4, 0.5) is 13.2 Å². The number of hydrazone groups is 1. The zero-order chi connectivity index (χ0) is 22.6. The van der Waals surface area contributed by atoms with Crippen molar-refractivity contribution < 1.29 is 32.3 Å². The van der Waals surface area contributed by atoms with Crippen LogP contribution in [0.2, 0.25) is 5.02 Å². The summed E-state index contributed by atoms with van der Waals surface area (Å²) in [6, 6.07) is 11.7. The lowest BCUT2D eigenvalue weighted by Gasteiger charge is -2.08. The number of rotatable bonds is 6. The molecule has 0 radical (unpaired) electrons. The van der Waals surface area contributed by atoms with E-state index in [2.05, 4.69) is 10.5 Å². The fourth-order valence-corrected chi connectivity index (χ4v) is 2.88. The molecule has 160 valence electrons. The Balaban J connectivity index is 1.64. The van der Waals surface area contributed by atoms with Crippen LogP contribution < -0.4 is 5.43 Å². The standard InChI is InChI=1S/C21H14ClF3N2O4/c22-17-6-4-13(20(29)30)10-16(17)18-7-5-15(31-18)11-26-27-19(28)9-12-2-1-3-14(8-12)21(23,24)25/h1-8,10-11H,9H2,(H,27,28)(H,29,30). The summed E-state index contributed by atoms with van der Waals surface area (Å²) >= 11 is 6.09. The maximum absolute atomic E-state index is 12.7. The van der Waals surface area contributed by atoms with Gasteiger partial charge in [0.25, 0.3) is 0 Å². The number of nitrogens with zero attached hydrogens (tertiary/aromatic N) is 1. The Morgan fingerprint density at radius 3 is 2.61 bits per heavy atom. The smallest absolute Gasteiger partial charge is 0.416 e. The molecule has 1 heterocycles. The molecule has 0 saturated heterocycles. The Bertz CT molecular complexity index is 1160. The minimum Gasteiger partial charge on any atom is -0.478 e.